The highest BCUT2D eigenvalue weighted by molar-refractivity contribution is 7.90. The lowest BCUT2D eigenvalue weighted by atomic mass is 9.91. The zero-order chi connectivity index (χ0) is 19.8. The van der Waals surface area contributed by atoms with E-state index in [1.54, 1.807) is 12.1 Å². The van der Waals surface area contributed by atoms with E-state index in [2.05, 4.69) is 0 Å². The third kappa shape index (κ3) is 3.60. The molecule has 1 amide bonds. The average molecular weight is 392 g/mol. The summed E-state index contributed by atoms with van der Waals surface area (Å²) in [7, 11) is -3.80. The first kappa shape index (κ1) is 19.1. The monoisotopic (exact) mass is 392 g/mol. The Kier molecular flexibility index (Phi) is 4.83. The Labute approximate surface area is 156 Å². The molecule has 144 valence electrons. The van der Waals surface area contributed by atoms with Crippen molar-refractivity contribution in [3.05, 3.63) is 53.9 Å². The van der Waals surface area contributed by atoms with Crippen molar-refractivity contribution in [3.63, 3.8) is 0 Å². The molecule has 8 nitrogen and oxygen atoms in total. The molecule has 0 spiro atoms. The predicted molar refractivity (Wildman–Crippen MR) is 95.9 cm³/mol. The van der Waals surface area contributed by atoms with Crippen LogP contribution in [0.2, 0.25) is 0 Å². The minimum Gasteiger partial charge on any atom is -0.479 e. The molecule has 2 heterocycles. The zero-order valence-electron chi connectivity index (χ0n) is 14.7. The van der Waals surface area contributed by atoms with Crippen molar-refractivity contribution in [1.29, 1.82) is 0 Å². The SMILES string of the molecule is Cc1ccc(S(=O)(=O)n2ccc(C(=O)N3CCC(O)(C(=O)O)CC3)c2)cc1. The second kappa shape index (κ2) is 6.82. The van der Waals surface area contributed by atoms with Crippen molar-refractivity contribution in [2.24, 2.45) is 0 Å². The number of nitrogens with zero attached hydrogens (tertiary/aromatic N) is 2. The number of hydrogen-bond acceptors (Lipinski definition) is 5. The van der Waals surface area contributed by atoms with E-state index in [1.165, 1.54) is 35.5 Å². The molecule has 2 N–H and O–H groups in total. The summed E-state index contributed by atoms with van der Waals surface area (Å²) in [5.74, 6) is -1.70. The fourth-order valence-electron chi connectivity index (χ4n) is 2.96. The Balaban J connectivity index is 1.77. The maximum absolute atomic E-state index is 12.7. The number of amides is 1. The molecule has 9 heteroatoms. The van der Waals surface area contributed by atoms with Crippen molar-refractivity contribution in [3.8, 4) is 0 Å². The second-order valence-corrected chi connectivity index (χ2v) is 8.52. The second-order valence-electron chi connectivity index (χ2n) is 6.68. The molecule has 2 aromatic rings. The number of carboxylic acid groups (broad SMARTS) is 1. The van der Waals surface area contributed by atoms with Crippen molar-refractivity contribution in [1.82, 2.24) is 8.87 Å². The fourth-order valence-corrected chi connectivity index (χ4v) is 4.16. The van der Waals surface area contributed by atoms with Crippen LogP contribution in [0.25, 0.3) is 0 Å². The van der Waals surface area contributed by atoms with Crippen molar-refractivity contribution in [2.45, 2.75) is 30.3 Å². The smallest absolute Gasteiger partial charge is 0.335 e. The molecule has 27 heavy (non-hydrogen) atoms. The third-order valence-corrected chi connectivity index (χ3v) is 6.44. The lowest BCUT2D eigenvalue weighted by Crippen LogP contribution is -2.50. The molecule has 1 aromatic heterocycles. The summed E-state index contributed by atoms with van der Waals surface area (Å²) in [5.41, 5.74) is -0.701. The van der Waals surface area contributed by atoms with E-state index in [4.69, 9.17) is 5.11 Å². The average Bonchev–Trinajstić information content (AvgIpc) is 3.13. The molecule has 0 radical (unpaired) electrons. The number of benzene rings is 1. The summed E-state index contributed by atoms with van der Waals surface area (Å²) >= 11 is 0. The standard InChI is InChI=1S/C18H20N2O6S/c1-13-2-4-15(5-3-13)27(25,26)20-9-6-14(12-20)16(21)19-10-7-18(24,8-11-19)17(22)23/h2-6,9,12,24H,7-8,10-11H2,1H3,(H,22,23). The molecule has 0 aliphatic carbocycles. The van der Waals surface area contributed by atoms with E-state index in [0.717, 1.165) is 9.54 Å². The topological polar surface area (TPSA) is 117 Å². The zero-order valence-corrected chi connectivity index (χ0v) is 15.5. The Morgan fingerprint density at radius 1 is 1.07 bits per heavy atom. The van der Waals surface area contributed by atoms with E-state index in [1.807, 2.05) is 6.92 Å². The van der Waals surface area contributed by atoms with Crippen LogP contribution in [0.1, 0.15) is 28.8 Å². The molecule has 1 aromatic carbocycles. The Bertz CT molecular complexity index is 970. The quantitative estimate of drug-likeness (QED) is 0.804. The van der Waals surface area contributed by atoms with Gasteiger partial charge in [0.2, 0.25) is 0 Å². The highest BCUT2D eigenvalue weighted by Gasteiger charge is 2.40. The van der Waals surface area contributed by atoms with Gasteiger partial charge in [0.05, 0.1) is 10.5 Å². The number of aliphatic hydroxyl groups is 1. The van der Waals surface area contributed by atoms with E-state index in [-0.39, 0.29) is 36.4 Å². The molecular weight excluding hydrogens is 372 g/mol. The fraction of sp³-hybridized carbons (Fsp3) is 0.333. The maximum atomic E-state index is 12.7. The van der Waals surface area contributed by atoms with Crippen LogP contribution >= 0.6 is 0 Å². The van der Waals surface area contributed by atoms with Gasteiger partial charge in [-0.15, -0.1) is 0 Å². The van der Waals surface area contributed by atoms with E-state index >= 15 is 0 Å². The van der Waals surface area contributed by atoms with Crippen LogP contribution in [0, 0.1) is 6.92 Å². The Morgan fingerprint density at radius 3 is 2.22 bits per heavy atom. The third-order valence-electron chi connectivity index (χ3n) is 4.79. The number of aromatic nitrogens is 1. The van der Waals surface area contributed by atoms with Gasteiger partial charge in [0, 0.05) is 38.3 Å². The Hall–Kier alpha value is -2.65. The number of carbonyl (C=O) groups is 2. The lowest BCUT2D eigenvalue weighted by molar-refractivity contribution is -0.162. The van der Waals surface area contributed by atoms with Gasteiger partial charge in [-0.2, -0.15) is 0 Å². The van der Waals surface area contributed by atoms with Gasteiger partial charge in [-0.3, -0.25) is 4.79 Å². The largest absolute Gasteiger partial charge is 0.479 e. The number of carboxylic acids is 1. The van der Waals surface area contributed by atoms with Crippen LogP contribution in [0.15, 0.2) is 47.6 Å². The van der Waals surface area contributed by atoms with Gasteiger partial charge in [-0.1, -0.05) is 17.7 Å². The molecule has 1 aliphatic heterocycles. The van der Waals surface area contributed by atoms with Crippen LogP contribution < -0.4 is 0 Å². The minimum atomic E-state index is -3.80. The van der Waals surface area contributed by atoms with Gasteiger partial charge in [0.1, 0.15) is 0 Å². The number of piperidine rings is 1. The molecule has 0 bridgehead atoms. The van der Waals surface area contributed by atoms with Crippen molar-refractivity contribution >= 4 is 21.9 Å². The van der Waals surface area contributed by atoms with Crippen LogP contribution in [-0.2, 0) is 14.8 Å². The summed E-state index contributed by atoms with van der Waals surface area (Å²) in [6.45, 7) is 2.02. The van der Waals surface area contributed by atoms with Gasteiger partial charge in [0.15, 0.2) is 5.60 Å². The number of likely N-dealkylation sites (tertiary alicyclic amines) is 1. The molecule has 1 fully saturated rings. The van der Waals surface area contributed by atoms with Crippen molar-refractivity contribution < 1.29 is 28.2 Å². The molecule has 1 aliphatic rings. The first-order chi connectivity index (χ1) is 12.6. The number of hydrogen-bond donors (Lipinski definition) is 2. The molecule has 3 rings (SSSR count). The summed E-state index contributed by atoms with van der Waals surface area (Å²) in [6, 6.07) is 7.80. The molecule has 0 atom stereocenters. The van der Waals surface area contributed by atoms with E-state index < -0.39 is 27.5 Å². The summed E-state index contributed by atoms with van der Waals surface area (Å²) in [6.07, 6.45) is 2.41. The van der Waals surface area contributed by atoms with Gasteiger partial charge in [-0.05, 0) is 25.1 Å². The normalized spacial score (nSPS) is 16.9. The number of aryl methyl sites for hydroxylation is 1. The van der Waals surface area contributed by atoms with Gasteiger partial charge < -0.3 is 15.1 Å². The van der Waals surface area contributed by atoms with Gasteiger partial charge >= 0.3 is 5.97 Å². The van der Waals surface area contributed by atoms with E-state index in [0.29, 0.717) is 0 Å². The predicted octanol–water partition coefficient (Wildman–Crippen LogP) is 1.09. The van der Waals surface area contributed by atoms with Crippen LogP contribution in [-0.4, -0.2) is 58.1 Å². The molecule has 0 saturated carbocycles. The number of rotatable bonds is 4. The summed E-state index contributed by atoms with van der Waals surface area (Å²) in [4.78, 5) is 25.2. The first-order valence-electron chi connectivity index (χ1n) is 8.39. The minimum absolute atomic E-state index is 0.0730. The number of carbonyl (C=O) groups excluding carboxylic acids is 1. The molecule has 1 saturated heterocycles. The van der Waals surface area contributed by atoms with Crippen LogP contribution in [0.5, 0.6) is 0 Å². The van der Waals surface area contributed by atoms with Crippen LogP contribution in [0.3, 0.4) is 0 Å². The van der Waals surface area contributed by atoms with Gasteiger partial charge in [0.25, 0.3) is 15.9 Å². The number of aliphatic carboxylic acids is 1. The maximum Gasteiger partial charge on any atom is 0.335 e. The Morgan fingerprint density at radius 2 is 1.67 bits per heavy atom. The van der Waals surface area contributed by atoms with Gasteiger partial charge in [-0.25, -0.2) is 17.2 Å². The summed E-state index contributed by atoms with van der Waals surface area (Å²) in [5, 5.41) is 19.0. The highest BCUT2D eigenvalue weighted by atomic mass is 32.2. The lowest BCUT2D eigenvalue weighted by Gasteiger charge is -2.35. The first-order valence-corrected chi connectivity index (χ1v) is 9.83. The van der Waals surface area contributed by atoms with E-state index in [9.17, 15) is 23.1 Å². The molecular formula is C18H20N2O6S. The highest BCUT2D eigenvalue weighted by Crippen LogP contribution is 2.24. The van der Waals surface area contributed by atoms with Crippen LogP contribution in [0.4, 0.5) is 0 Å². The van der Waals surface area contributed by atoms with Crippen molar-refractivity contribution in [2.75, 3.05) is 13.1 Å². The molecule has 0 unspecified atom stereocenters. The summed E-state index contributed by atoms with van der Waals surface area (Å²) < 4.78 is 26.3.